The van der Waals surface area contributed by atoms with E-state index in [1.165, 1.54) is 5.32 Å². The number of anilines is 1. The Kier molecular flexibility index (Phi) is 7.92. The van der Waals surface area contributed by atoms with Gasteiger partial charge in [0.1, 0.15) is 16.0 Å². The molecular weight excluding hydrogens is 602 g/mol. The lowest BCUT2D eigenvalue weighted by atomic mass is 10.0. The van der Waals surface area contributed by atoms with Gasteiger partial charge in [0.25, 0.3) is 5.91 Å². The highest BCUT2D eigenvalue weighted by molar-refractivity contribution is 6.53. The molecule has 0 radical (unpaired) electrons. The molecule has 0 spiro atoms. The van der Waals surface area contributed by atoms with E-state index in [9.17, 15) is 49.1 Å². The third-order valence-corrected chi connectivity index (χ3v) is 6.92. The highest BCUT2D eigenvalue weighted by Crippen LogP contribution is 2.65. The summed E-state index contributed by atoms with van der Waals surface area (Å²) in [5.74, 6) is -17.2. The van der Waals surface area contributed by atoms with Gasteiger partial charge in [-0.05, 0) is 29.8 Å². The Bertz CT molecular complexity index is 1280. The van der Waals surface area contributed by atoms with Crippen LogP contribution in [0.1, 0.15) is 34.3 Å². The Labute approximate surface area is 223 Å². The highest BCUT2D eigenvalue weighted by Gasteiger charge is 2.68. The van der Waals surface area contributed by atoms with Gasteiger partial charge in [-0.3, -0.25) is 9.59 Å². The molecule has 0 bridgehead atoms. The van der Waals surface area contributed by atoms with Crippen molar-refractivity contribution in [2.45, 2.75) is 35.2 Å². The van der Waals surface area contributed by atoms with Crippen LogP contribution in [0.25, 0.3) is 0 Å². The van der Waals surface area contributed by atoms with E-state index in [1.54, 1.807) is 0 Å². The van der Waals surface area contributed by atoms with Crippen LogP contribution in [0.5, 0.6) is 0 Å². The van der Waals surface area contributed by atoms with Crippen LogP contribution in [-0.4, -0.2) is 34.5 Å². The van der Waals surface area contributed by atoms with E-state index in [0.29, 0.717) is 24.3 Å². The van der Waals surface area contributed by atoms with Crippen LogP contribution in [0, 0.1) is 17.6 Å². The van der Waals surface area contributed by atoms with Crippen LogP contribution in [0.2, 0.25) is 5.02 Å². The van der Waals surface area contributed by atoms with Gasteiger partial charge in [-0.25, -0.2) is 17.6 Å². The summed E-state index contributed by atoms with van der Waals surface area (Å²) in [6, 6.07) is 3.01. The lowest BCUT2D eigenvalue weighted by Gasteiger charge is -2.23. The molecule has 1 aliphatic rings. The van der Waals surface area contributed by atoms with Gasteiger partial charge in [0.15, 0.2) is 0 Å². The minimum absolute atomic E-state index is 0.0630. The van der Waals surface area contributed by atoms with Crippen LogP contribution in [0.3, 0.4) is 0 Å². The number of halogens is 12. The zero-order chi connectivity index (χ0) is 29.0. The highest BCUT2D eigenvalue weighted by atomic mass is 35.5. The average molecular weight is 616 g/mol. The van der Waals surface area contributed by atoms with Crippen LogP contribution in [-0.2, 0) is 11.0 Å². The first kappa shape index (κ1) is 30.2. The van der Waals surface area contributed by atoms with Gasteiger partial charge in [-0.15, -0.1) is 23.2 Å². The molecule has 208 valence electrons. The fraction of sp³-hybridized carbons (Fsp3) is 0.364. The Morgan fingerprint density at radius 1 is 0.974 bits per heavy atom. The molecule has 0 unspecified atom stereocenters. The fourth-order valence-electron chi connectivity index (χ4n) is 3.49. The fourth-order valence-corrected chi connectivity index (χ4v) is 4.56. The summed E-state index contributed by atoms with van der Waals surface area (Å²) in [6.07, 6.45) is -5.06. The number of benzene rings is 2. The summed E-state index contributed by atoms with van der Waals surface area (Å²) >= 11 is 17.9. The minimum Gasteiger partial charge on any atom is -0.346 e. The molecule has 0 saturated heterocycles. The van der Waals surface area contributed by atoms with Crippen LogP contribution < -0.4 is 10.6 Å². The number of nitrogens with one attached hydrogen (secondary N) is 2. The van der Waals surface area contributed by atoms with E-state index in [-0.39, 0.29) is 12.5 Å². The largest absolute Gasteiger partial charge is 0.419 e. The van der Waals surface area contributed by atoms with Crippen molar-refractivity contribution in [3.8, 4) is 0 Å². The van der Waals surface area contributed by atoms with Crippen molar-refractivity contribution in [1.29, 1.82) is 0 Å². The molecule has 38 heavy (non-hydrogen) atoms. The topological polar surface area (TPSA) is 58.2 Å². The standard InChI is InChI=1S/C22H14Cl3F9N2O2/c1-19(28,29)20(30,31)7-35-17(37)9-5-14(13(27)6-11(9)23)36-18(38)16-15(21(16,24)25)8-2-3-12(26)10(4-8)22(32,33)34/h2-6,15-16H,7H2,1H3,(H,35,37)(H,36,38)/t15-,16+/m0/s1. The normalized spacial score (nSPS) is 19.2. The second-order valence-corrected chi connectivity index (χ2v) is 10.3. The summed E-state index contributed by atoms with van der Waals surface area (Å²) in [6.45, 7) is -1.86. The quantitative estimate of drug-likeness (QED) is 0.256. The van der Waals surface area contributed by atoms with Gasteiger partial charge in [-0.1, -0.05) is 17.7 Å². The average Bonchev–Trinajstić information content (AvgIpc) is 3.34. The molecular formula is C22H14Cl3F9N2O2. The van der Waals surface area contributed by atoms with Gasteiger partial charge in [0.05, 0.1) is 34.3 Å². The molecule has 2 aromatic rings. The van der Waals surface area contributed by atoms with E-state index >= 15 is 0 Å². The number of alkyl halides is 9. The van der Waals surface area contributed by atoms with E-state index in [1.807, 2.05) is 5.32 Å². The third-order valence-electron chi connectivity index (χ3n) is 5.66. The number of rotatable bonds is 7. The Morgan fingerprint density at radius 3 is 2.13 bits per heavy atom. The van der Waals surface area contributed by atoms with Crippen LogP contribution >= 0.6 is 34.8 Å². The summed E-state index contributed by atoms with van der Waals surface area (Å²) in [5.41, 5.74) is -3.28. The number of hydrogen-bond donors (Lipinski definition) is 2. The van der Waals surface area contributed by atoms with Crippen LogP contribution in [0.4, 0.5) is 45.2 Å². The van der Waals surface area contributed by atoms with Gasteiger partial charge in [-0.2, -0.15) is 22.0 Å². The summed E-state index contributed by atoms with van der Waals surface area (Å²) in [7, 11) is 0. The maximum atomic E-state index is 14.4. The van der Waals surface area contributed by atoms with E-state index < -0.39 is 86.0 Å². The summed E-state index contributed by atoms with van der Waals surface area (Å²) in [4.78, 5) is 25.0. The number of hydrogen-bond acceptors (Lipinski definition) is 2. The second kappa shape index (κ2) is 9.98. The SMILES string of the molecule is CC(F)(F)C(F)(F)CNC(=O)c1cc(NC(=O)[C@H]2[C@H](c3ccc(F)c(C(F)(F)F)c3)C2(Cl)Cl)c(F)cc1Cl. The molecule has 0 aliphatic heterocycles. The van der Waals surface area contributed by atoms with Crippen molar-refractivity contribution in [2.75, 3.05) is 11.9 Å². The molecule has 2 N–H and O–H groups in total. The minimum atomic E-state index is -5.06. The first-order valence-electron chi connectivity index (χ1n) is 10.3. The van der Waals surface area contributed by atoms with Gasteiger partial charge < -0.3 is 10.6 Å². The molecule has 1 saturated carbocycles. The smallest absolute Gasteiger partial charge is 0.346 e. The molecule has 2 aromatic carbocycles. The molecule has 0 heterocycles. The summed E-state index contributed by atoms with van der Waals surface area (Å²) < 4.78 is 118. The number of carbonyl (C=O) groups is 2. The number of amides is 2. The molecule has 2 amide bonds. The zero-order valence-corrected chi connectivity index (χ0v) is 20.9. The van der Waals surface area contributed by atoms with Gasteiger partial charge in [0.2, 0.25) is 5.91 Å². The van der Waals surface area contributed by atoms with Crippen molar-refractivity contribution < 1.29 is 49.1 Å². The number of carbonyl (C=O) groups excluding carboxylic acids is 2. The van der Waals surface area contributed by atoms with Crippen molar-refractivity contribution in [2.24, 2.45) is 5.92 Å². The molecule has 3 rings (SSSR count). The molecule has 16 heteroatoms. The van der Waals surface area contributed by atoms with Crippen molar-refractivity contribution >= 4 is 52.3 Å². The van der Waals surface area contributed by atoms with Crippen molar-refractivity contribution in [1.82, 2.24) is 5.32 Å². The lowest BCUT2D eigenvalue weighted by molar-refractivity contribution is -0.192. The predicted molar refractivity (Wildman–Crippen MR) is 120 cm³/mol. The van der Waals surface area contributed by atoms with E-state index in [0.717, 1.165) is 6.07 Å². The maximum Gasteiger partial charge on any atom is 0.419 e. The molecule has 4 nitrogen and oxygen atoms in total. The molecule has 1 aliphatic carbocycles. The maximum absolute atomic E-state index is 14.4. The van der Waals surface area contributed by atoms with E-state index in [2.05, 4.69) is 0 Å². The van der Waals surface area contributed by atoms with Gasteiger partial charge in [0, 0.05) is 12.8 Å². The Balaban J connectivity index is 1.81. The predicted octanol–water partition coefficient (Wildman–Crippen LogP) is 7.18. The molecule has 2 atom stereocenters. The monoisotopic (exact) mass is 614 g/mol. The summed E-state index contributed by atoms with van der Waals surface area (Å²) in [5, 5.41) is 2.93. The second-order valence-electron chi connectivity index (χ2n) is 8.44. The lowest BCUT2D eigenvalue weighted by Crippen LogP contribution is -2.47. The molecule has 0 aromatic heterocycles. The van der Waals surface area contributed by atoms with Crippen molar-refractivity contribution in [3.05, 3.63) is 63.7 Å². The van der Waals surface area contributed by atoms with Gasteiger partial charge >= 0.3 is 18.0 Å². The van der Waals surface area contributed by atoms with Crippen molar-refractivity contribution in [3.63, 3.8) is 0 Å². The first-order valence-corrected chi connectivity index (χ1v) is 11.4. The van der Waals surface area contributed by atoms with E-state index in [4.69, 9.17) is 34.8 Å². The first-order chi connectivity index (χ1) is 17.2. The Morgan fingerprint density at radius 2 is 1.58 bits per heavy atom. The molecule has 1 fully saturated rings. The third kappa shape index (κ3) is 5.94. The Hall–Kier alpha value is -2.38. The zero-order valence-electron chi connectivity index (χ0n) is 18.6. The van der Waals surface area contributed by atoms with Crippen LogP contribution in [0.15, 0.2) is 30.3 Å².